The molecule has 0 bridgehead atoms. The van der Waals surface area contributed by atoms with Crippen molar-refractivity contribution in [2.24, 2.45) is 5.92 Å². The minimum absolute atomic E-state index is 0.381. The number of halogens is 1. The van der Waals surface area contributed by atoms with Crippen LogP contribution in [0.1, 0.15) is 24.6 Å². The first-order valence-electron chi connectivity index (χ1n) is 5.64. The molecule has 1 heterocycles. The van der Waals surface area contributed by atoms with Crippen LogP contribution in [0, 0.1) is 5.92 Å². The summed E-state index contributed by atoms with van der Waals surface area (Å²) in [5, 5.41) is 4.52. The topological polar surface area (TPSA) is 25.2 Å². The minimum Gasteiger partial charge on any atom is -0.459 e. The molecule has 3 rings (SSSR count). The van der Waals surface area contributed by atoms with E-state index in [0.29, 0.717) is 6.04 Å². The van der Waals surface area contributed by atoms with Gasteiger partial charge in [-0.3, -0.25) is 0 Å². The molecule has 0 radical (unpaired) electrons. The zero-order valence-electron chi connectivity index (χ0n) is 9.16. The highest BCUT2D eigenvalue weighted by atomic mass is 79.9. The highest BCUT2D eigenvalue weighted by molar-refractivity contribution is 9.10. The maximum atomic E-state index is 5.89. The van der Waals surface area contributed by atoms with Gasteiger partial charge in [0.2, 0.25) is 0 Å². The van der Waals surface area contributed by atoms with Gasteiger partial charge in [0.25, 0.3) is 0 Å². The van der Waals surface area contributed by atoms with Crippen LogP contribution in [-0.2, 0) is 0 Å². The van der Waals surface area contributed by atoms with Crippen LogP contribution in [0.15, 0.2) is 33.2 Å². The first-order valence-corrected chi connectivity index (χ1v) is 6.43. The fourth-order valence-electron chi connectivity index (χ4n) is 2.23. The van der Waals surface area contributed by atoms with E-state index in [9.17, 15) is 0 Å². The molecule has 3 heteroatoms. The van der Waals surface area contributed by atoms with Crippen LogP contribution in [0.25, 0.3) is 11.0 Å². The zero-order chi connectivity index (χ0) is 11.1. The zero-order valence-corrected chi connectivity index (χ0v) is 10.8. The van der Waals surface area contributed by atoms with Crippen molar-refractivity contribution in [2.45, 2.75) is 18.9 Å². The first-order chi connectivity index (χ1) is 7.78. The van der Waals surface area contributed by atoms with E-state index in [1.165, 1.54) is 18.2 Å². The largest absolute Gasteiger partial charge is 0.459 e. The van der Waals surface area contributed by atoms with Gasteiger partial charge in [-0.1, -0.05) is 15.9 Å². The molecular weight excluding hydrogens is 266 g/mol. The van der Waals surface area contributed by atoms with Crippen LogP contribution in [-0.4, -0.2) is 7.05 Å². The smallest absolute Gasteiger partial charge is 0.134 e. The Labute approximate surface area is 103 Å². The summed E-state index contributed by atoms with van der Waals surface area (Å²) >= 11 is 3.48. The maximum absolute atomic E-state index is 5.89. The molecule has 0 amide bonds. The molecule has 1 aliphatic carbocycles. The van der Waals surface area contributed by atoms with Crippen molar-refractivity contribution >= 4 is 26.9 Å². The van der Waals surface area contributed by atoms with Gasteiger partial charge in [0.1, 0.15) is 11.3 Å². The average Bonchev–Trinajstić information content (AvgIpc) is 2.99. The van der Waals surface area contributed by atoms with E-state index in [2.05, 4.69) is 33.4 Å². The first kappa shape index (κ1) is 10.4. The Balaban J connectivity index is 2.03. The van der Waals surface area contributed by atoms with E-state index in [-0.39, 0.29) is 0 Å². The molecule has 1 atom stereocenters. The molecule has 2 nitrogen and oxygen atoms in total. The van der Waals surface area contributed by atoms with E-state index in [0.717, 1.165) is 21.7 Å². The van der Waals surface area contributed by atoms with Gasteiger partial charge in [-0.2, -0.15) is 0 Å². The van der Waals surface area contributed by atoms with E-state index in [1.807, 2.05) is 19.2 Å². The second kappa shape index (κ2) is 3.90. The molecule has 1 unspecified atom stereocenters. The third-order valence-electron chi connectivity index (χ3n) is 3.21. The number of hydrogen-bond donors (Lipinski definition) is 1. The third-order valence-corrected chi connectivity index (χ3v) is 3.70. The second-order valence-electron chi connectivity index (χ2n) is 4.43. The van der Waals surface area contributed by atoms with Crippen LogP contribution in [0.5, 0.6) is 0 Å². The normalized spacial score (nSPS) is 17.9. The molecule has 16 heavy (non-hydrogen) atoms. The van der Waals surface area contributed by atoms with Gasteiger partial charge in [0, 0.05) is 9.86 Å². The summed E-state index contributed by atoms with van der Waals surface area (Å²) in [6.07, 6.45) is 2.62. The van der Waals surface area contributed by atoms with Gasteiger partial charge < -0.3 is 9.73 Å². The molecule has 1 aromatic heterocycles. The molecular formula is C13H14BrNO. The standard InChI is InChI=1S/C13H14BrNO/c1-15-13(8-2-3-8)12-7-9-6-10(14)4-5-11(9)16-12/h4-8,13,15H,2-3H2,1H3. The quantitative estimate of drug-likeness (QED) is 0.923. The molecule has 0 aliphatic heterocycles. The van der Waals surface area contributed by atoms with Crippen molar-refractivity contribution < 1.29 is 4.42 Å². The lowest BCUT2D eigenvalue weighted by atomic mass is 10.1. The Morgan fingerprint density at radius 3 is 2.88 bits per heavy atom. The summed E-state index contributed by atoms with van der Waals surface area (Å²) in [5.74, 6) is 1.83. The van der Waals surface area contributed by atoms with Gasteiger partial charge in [-0.25, -0.2) is 0 Å². The van der Waals surface area contributed by atoms with E-state index in [1.54, 1.807) is 0 Å². The highest BCUT2D eigenvalue weighted by Crippen LogP contribution is 2.42. The summed E-state index contributed by atoms with van der Waals surface area (Å²) in [6, 6.07) is 8.66. The van der Waals surface area contributed by atoms with E-state index < -0.39 is 0 Å². The highest BCUT2D eigenvalue weighted by Gasteiger charge is 2.33. The molecule has 1 N–H and O–H groups in total. The maximum Gasteiger partial charge on any atom is 0.134 e. The average molecular weight is 280 g/mol. The van der Waals surface area contributed by atoms with Gasteiger partial charge in [-0.05, 0) is 50.1 Å². The molecule has 84 valence electrons. The predicted octanol–water partition coefficient (Wildman–Crippen LogP) is 3.87. The van der Waals surface area contributed by atoms with Crippen LogP contribution in [0.2, 0.25) is 0 Å². The predicted molar refractivity (Wildman–Crippen MR) is 68.4 cm³/mol. The van der Waals surface area contributed by atoms with Crippen molar-refractivity contribution in [1.82, 2.24) is 5.32 Å². The molecule has 1 saturated carbocycles. The monoisotopic (exact) mass is 279 g/mol. The summed E-state index contributed by atoms with van der Waals surface area (Å²) < 4.78 is 6.99. The second-order valence-corrected chi connectivity index (χ2v) is 5.35. The molecule has 1 fully saturated rings. The van der Waals surface area contributed by atoms with E-state index >= 15 is 0 Å². The van der Waals surface area contributed by atoms with Gasteiger partial charge in [-0.15, -0.1) is 0 Å². The summed E-state index contributed by atoms with van der Waals surface area (Å²) in [6.45, 7) is 0. The Hall–Kier alpha value is -0.800. The van der Waals surface area contributed by atoms with E-state index in [4.69, 9.17) is 4.42 Å². The number of fused-ring (bicyclic) bond motifs is 1. The summed E-state index contributed by atoms with van der Waals surface area (Å²) in [7, 11) is 2.01. The van der Waals surface area contributed by atoms with Crippen LogP contribution < -0.4 is 5.32 Å². The van der Waals surface area contributed by atoms with Crippen molar-refractivity contribution in [1.29, 1.82) is 0 Å². The Kier molecular flexibility index (Phi) is 2.52. The van der Waals surface area contributed by atoms with Gasteiger partial charge >= 0.3 is 0 Å². The SMILES string of the molecule is CNC(c1cc2cc(Br)ccc2o1)C1CC1. The van der Waals surface area contributed by atoms with Crippen LogP contribution in [0.4, 0.5) is 0 Å². The number of hydrogen-bond acceptors (Lipinski definition) is 2. The lowest BCUT2D eigenvalue weighted by molar-refractivity contribution is 0.419. The van der Waals surface area contributed by atoms with Gasteiger partial charge in [0.05, 0.1) is 6.04 Å². The lowest BCUT2D eigenvalue weighted by Crippen LogP contribution is -2.17. The lowest BCUT2D eigenvalue weighted by Gasteiger charge is -2.11. The Morgan fingerprint density at radius 1 is 1.38 bits per heavy atom. The number of nitrogens with one attached hydrogen (secondary N) is 1. The summed E-state index contributed by atoms with van der Waals surface area (Å²) in [5.41, 5.74) is 0.971. The van der Waals surface area contributed by atoms with Crippen molar-refractivity contribution in [3.05, 3.63) is 34.5 Å². The molecule has 1 aromatic carbocycles. The van der Waals surface area contributed by atoms with Crippen molar-refractivity contribution in [3.8, 4) is 0 Å². The fraction of sp³-hybridized carbons (Fsp3) is 0.385. The van der Waals surface area contributed by atoms with Crippen molar-refractivity contribution in [3.63, 3.8) is 0 Å². The van der Waals surface area contributed by atoms with Crippen LogP contribution in [0.3, 0.4) is 0 Å². The Morgan fingerprint density at radius 2 is 2.19 bits per heavy atom. The number of benzene rings is 1. The van der Waals surface area contributed by atoms with Gasteiger partial charge in [0.15, 0.2) is 0 Å². The van der Waals surface area contributed by atoms with Crippen molar-refractivity contribution in [2.75, 3.05) is 7.05 Å². The number of furan rings is 1. The number of rotatable bonds is 3. The molecule has 2 aromatic rings. The van der Waals surface area contributed by atoms with Crippen LogP contribution >= 0.6 is 15.9 Å². The molecule has 0 spiro atoms. The summed E-state index contributed by atoms with van der Waals surface area (Å²) in [4.78, 5) is 0. The molecule has 1 aliphatic rings. The third kappa shape index (κ3) is 1.78. The fourth-order valence-corrected chi connectivity index (χ4v) is 2.61. The minimum atomic E-state index is 0.381. The Bertz CT molecular complexity index is 516. The molecule has 0 saturated heterocycles.